The van der Waals surface area contributed by atoms with Crippen LogP contribution in [0.3, 0.4) is 0 Å². The molecule has 260 valence electrons. The molecule has 0 spiro atoms. The summed E-state index contributed by atoms with van der Waals surface area (Å²) in [5.74, 6) is -0.141. The number of tetrazole rings is 1. The standard InChI is InChI=1S/C36H42N10O4/c1-36(2,3)50-35(49)39-20-22-9-13-25(14-10-22)33(47)46(26-17-15-24(16-18-26)32-42-44-45-43-32)34(48)28(37)19-21-7-11-23(12-8-21)27-5-4-6-29-30(27)31(38)41-40-29/h4-8,11-12,15-18,22,25,28H,9-10,13-14,19-20,37H2,1-3H3,(H,39,49)(H3,38,40,41)(H,42,43,44,45)/t22-,25-,28-/m0/s1. The Labute approximate surface area is 289 Å². The van der Waals surface area contributed by atoms with Crippen LogP contribution in [0, 0.1) is 11.8 Å². The van der Waals surface area contributed by atoms with Gasteiger partial charge in [-0.3, -0.25) is 14.7 Å². The second kappa shape index (κ2) is 14.5. The highest BCUT2D eigenvalue weighted by Crippen LogP contribution is 2.33. The van der Waals surface area contributed by atoms with Gasteiger partial charge in [-0.1, -0.05) is 36.4 Å². The number of nitrogen functional groups attached to an aromatic ring is 1. The summed E-state index contributed by atoms with van der Waals surface area (Å²) in [5.41, 5.74) is 16.8. The van der Waals surface area contributed by atoms with Crippen molar-refractivity contribution < 1.29 is 19.1 Å². The van der Waals surface area contributed by atoms with Crippen molar-refractivity contribution in [1.82, 2.24) is 36.1 Å². The molecule has 0 radical (unpaired) electrons. The third-order valence-electron chi connectivity index (χ3n) is 8.95. The molecule has 1 aliphatic carbocycles. The lowest BCUT2D eigenvalue weighted by Gasteiger charge is -2.32. The number of nitrogens with one attached hydrogen (secondary N) is 3. The van der Waals surface area contributed by atoms with Crippen LogP contribution in [0.25, 0.3) is 33.4 Å². The molecule has 50 heavy (non-hydrogen) atoms. The Morgan fingerprint density at radius 1 is 0.960 bits per heavy atom. The van der Waals surface area contributed by atoms with Crippen LogP contribution in [-0.4, -0.2) is 66.9 Å². The van der Waals surface area contributed by atoms with Gasteiger partial charge in [-0.05, 0) is 111 Å². The third-order valence-corrected chi connectivity index (χ3v) is 8.95. The maximum atomic E-state index is 14.2. The minimum absolute atomic E-state index is 0.201. The maximum absolute atomic E-state index is 14.2. The van der Waals surface area contributed by atoms with Gasteiger partial charge in [0.05, 0.1) is 22.6 Å². The molecule has 0 saturated heterocycles. The smallest absolute Gasteiger partial charge is 0.407 e. The van der Waals surface area contributed by atoms with E-state index in [1.807, 2.05) is 63.2 Å². The number of carbonyl (C=O) groups is 3. The molecule has 5 aromatic rings. The van der Waals surface area contributed by atoms with Gasteiger partial charge in [0, 0.05) is 18.0 Å². The number of anilines is 2. The fraction of sp³-hybridized carbons (Fsp3) is 0.361. The van der Waals surface area contributed by atoms with E-state index < -0.39 is 23.6 Å². The number of alkyl carbamates (subject to hydrolysis) is 1. The van der Waals surface area contributed by atoms with Gasteiger partial charge in [0.2, 0.25) is 11.7 Å². The van der Waals surface area contributed by atoms with Crippen LogP contribution >= 0.6 is 0 Å². The molecule has 2 heterocycles. The first kappa shape index (κ1) is 34.2. The van der Waals surface area contributed by atoms with E-state index in [4.69, 9.17) is 16.2 Å². The zero-order chi connectivity index (χ0) is 35.4. The van der Waals surface area contributed by atoms with Gasteiger partial charge in [-0.15, -0.1) is 10.2 Å². The van der Waals surface area contributed by atoms with Crippen molar-refractivity contribution in [3.63, 3.8) is 0 Å². The number of nitrogens with zero attached hydrogens (tertiary/aromatic N) is 5. The molecule has 0 aliphatic heterocycles. The van der Waals surface area contributed by atoms with Gasteiger partial charge in [-0.2, -0.15) is 10.3 Å². The zero-order valence-electron chi connectivity index (χ0n) is 28.3. The van der Waals surface area contributed by atoms with Crippen LogP contribution in [-0.2, 0) is 20.7 Å². The number of aromatic nitrogens is 6. The number of rotatable bonds is 9. The van der Waals surface area contributed by atoms with Crippen LogP contribution in [0.4, 0.5) is 16.3 Å². The molecule has 6 rings (SSSR count). The van der Waals surface area contributed by atoms with Crippen LogP contribution in [0.2, 0.25) is 0 Å². The first-order valence-electron chi connectivity index (χ1n) is 16.7. The number of hydrogen-bond acceptors (Lipinski definition) is 10. The summed E-state index contributed by atoms with van der Waals surface area (Å²) >= 11 is 0. The van der Waals surface area contributed by atoms with Crippen molar-refractivity contribution in [3.05, 3.63) is 72.3 Å². The van der Waals surface area contributed by atoms with Crippen molar-refractivity contribution in [1.29, 1.82) is 0 Å². The number of imide groups is 1. The van der Waals surface area contributed by atoms with Gasteiger partial charge < -0.3 is 21.5 Å². The van der Waals surface area contributed by atoms with E-state index in [0.29, 0.717) is 42.3 Å². The lowest BCUT2D eigenvalue weighted by molar-refractivity contribution is -0.130. The van der Waals surface area contributed by atoms with Crippen LogP contribution < -0.4 is 21.7 Å². The molecule has 1 aliphatic rings. The summed E-state index contributed by atoms with van der Waals surface area (Å²) in [6.07, 6.45) is 2.37. The molecule has 1 fully saturated rings. The molecule has 3 amide bonds. The molecule has 2 aromatic heterocycles. The van der Waals surface area contributed by atoms with E-state index in [0.717, 1.165) is 40.4 Å². The molecule has 1 atom stereocenters. The summed E-state index contributed by atoms with van der Waals surface area (Å²) in [6.45, 7) is 5.92. The predicted molar refractivity (Wildman–Crippen MR) is 189 cm³/mol. The number of amides is 3. The normalized spacial score (nSPS) is 16.9. The lowest BCUT2D eigenvalue weighted by atomic mass is 9.81. The SMILES string of the molecule is CC(C)(C)OC(=O)NC[C@H]1CC[C@H](C(=O)N(C(=O)[C@@H](N)Cc2ccc(-c3cccc4[nH]nc(N)c34)cc2)c2ccc(-c3nn[nH]n3)cc2)CC1. The molecule has 14 heteroatoms. The molecule has 3 aromatic carbocycles. The predicted octanol–water partition coefficient (Wildman–Crippen LogP) is 4.75. The van der Waals surface area contributed by atoms with Crippen molar-refractivity contribution in [3.8, 4) is 22.5 Å². The fourth-order valence-electron chi connectivity index (χ4n) is 6.41. The first-order valence-corrected chi connectivity index (χ1v) is 16.7. The van der Waals surface area contributed by atoms with Crippen LogP contribution in [0.5, 0.6) is 0 Å². The molecule has 1 saturated carbocycles. The van der Waals surface area contributed by atoms with Crippen molar-refractivity contribution in [2.75, 3.05) is 17.2 Å². The Morgan fingerprint density at radius 3 is 2.32 bits per heavy atom. The van der Waals surface area contributed by atoms with E-state index >= 15 is 0 Å². The summed E-state index contributed by atoms with van der Waals surface area (Å²) in [7, 11) is 0. The second-order valence-electron chi connectivity index (χ2n) is 13.7. The molecular weight excluding hydrogens is 636 g/mol. The van der Waals surface area contributed by atoms with E-state index in [1.54, 1.807) is 24.3 Å². The monoisotopic (exact) mass is 678 g/mol. The minimum atomic E-state index is -0.982. The van der Waals surface area contributed by atoms with Gasteiger partial charge in [-0.25, -0.2) is 9.69 Å². The molecular formula is C36H42N10O4. The van der Waals surface area contributed by atoms with Gasteiger partial charge >= 0.3 is 6.09 Å². The number of hydrogen-bond donors (Lipinski definition) is 5. The van der Waals surface area contributed by atoms with Crippen molar-refractivity contribution in [2.24, 2.45) is 17.6 Å². The highest BCUT2D eigenvalue weighted by molar-refractivity contribution is 6.17. The Kier molecular flexibility index (Phi) is 9.90. The van der Waals surface area contributed by atoms with Crippen LogP contribution in [0.15, 0.2) is 66.7 Å². The number of H-pyrrole nitrogens is 2. The third kappa shape index (κ3) is 7.81. The Balaban J connectivity index is 1.16. The summed E-state index contributed by atoms with van der Waals surface area (Å²) in [6, 6.07) is 19.5. The number of nitrogens with two attached hydrogens (primary N) is 2. The molecule has 7 N–H and O–H groups in total. The van der Waals surface area contributed by atoms with Gasteiger partial charge in [0.1, 0.15) is 5.60 Å². The van der Waals surface area contributed by atoms with Crippen molar-refractivity contribution in [2.45, 2.75) is 64.5 Å². The Hall–Kier alpha value is -5.63. The highest BCUT2D eigenvalue weighted by Gasteiger charge is 2.35. The summed E-state index contributed by atoms with van der Waals surface area (Å²) in [5, 5.41) is 24.8. The van der Waals surface area contributed by atoms with E-state index in [-0.39, 0.29) is 24.2 Å². The van der Waals surface area contributed by atoms with Crippen LogP contribution in [0.1, 0.15) is 52.0 Å². The van der Waals surface area contributed by atoms with E-state index in [1.165, 1.54) is 4.90 Å². The van der Waals surface area contributed by atoms with E-state index in [2.05, 4.69) is 36.1 Å². The molecule has 14 nitrogen and oxygen atoms in total. The number of ether oxygens (including phenoxy) is 1. The average Bonchev–Trinajstić information content (AvgIpc) is 3.78. The Bertz CT molecular complexity index is 1940. The first-order chi connectivity index (χ1) is 24.0. The largest absolute Gasteiger partial charge is 0.444 e. The summed E-state index contributed by atoms with van der Waals surface area (Å²) < 4.78 is 5.35. The van der Waals surface area contributed by atoms with Crippen molar-refractivity contribution >= 4 is 40.3 Å². The Morgan fingerprint density at radius 2 is 1.66 bits per heavy atom. The second-order valence-corrected chi connectivity index (χ2v) is 13.7. The number of carbonyl (C=O) groups excluding carboxylic acids is 3. The maximum Gasteiger partial charge on any atom is 0.407 e. The average molecular weight is 679 g/mol. The van der Waals surface area contributed by atoms with Gasteiger partial charge in [0.15, 0.2) is 5.82 Å². The molecule has 0 unspecified atom stereocenters. The van der Waals surface area contributed by atoms with E-state index in [9.17, 15) is 14.4 Å². The zero-order valence-corrected chi connectivity index (χ0v) is 28.3. The fourth-order valence-corrected chi connectivity index (χ4v) is 6.41. The molecule has 0 bridgehead atoms. The number of aromatic amines is 2. The number of fused-ring (bicyclic) bond motifs is 1. The topological polar surface area (TPSA) is 211 Å². The highest BCUT2D eigenvalue weighted by atomic mass is 16.6. The lowest BCUT2D eigenvalue weighted by Crippen LogP contribution is -2.50. The quantitative estimate of drug-likeness (QED) is 0.144. The van der Waals surface area contributed by atoms with Gasteiger partial charge in [0.25, 0.3) is 5.91 Å². The number of benzene rings is 3. The summed E-state index contributed by atoms with van der Waals surface area (Å²) in [4.78, 5) is 41.6. The minimum Gasteiger partial charge on any atom is -0.444 e.